The standard InChI is InChI=1S/C22H25FN2O2/c1-15(20(24)16-6-3-2-4-7-16)22(27)25-13-5-8-18(14-25)21(26)17-9-11-19(23)12-10-17/h2-4,6-7,9-12,15,18,20H,5,8,13-14,24H2,1H3. The van der Waals surface area contributed by atoms with Crippen molar-refractivity contribution in [2.24, 2.45) is 17.6 Å². The third-order valence-electron chi connectivity index (χ3n) is 5.35. The van der Waals surface area contributed by atoms with E-state index in [-0.39, 0.29) is 35.4 Å². The van der Waals surface area contributed by atoms with Crippen LogP contribution >= 0.6 is 0 Å². The molecule has 3 rings (SSSR count). The predicted molar refractivity (Wildman–Crippen MR) is 103 cm³/mol. The van der Waals surface area contributed by atoms with Crippen molar-refractivity contribution in [3.8, 4) is 0 Å². The Labute approximate surface area is 159 Å². The number of halogens is 1. The van der Waals surface area contributed by atoms with E-state index in [1.807, 2.05) is 37.3 Å². The molecule has 1 aliphatic rings. The lowest BCUT2D eigenvalue weighted by Gasteiger charge is -2.35. The molecule has 3 atom stereocenters. The highest BCUT2D eigenvalue weighted by Gasteiger charge is 2.33. The number of carbonyl (C=O) groups excluding carboxylic acids is 2. The van der Waals surface area contributed by atoms with Gasteiger partial charge < -0.3 is 10.6 Å². The summed E-state index contributed by atoms with van der Waals surface area (Å²) in [4.78, 5) is 27.4. The summed E-state index contributed by atoms with van der Waals surface area (Å²) in [5.41, 5.74) is 7.71. The maximum atomic E-state index is 13.1. The first-order valence-electron chi connectivity index (χ1n) is 9.36. The van der Waals surface area contributed by atoms with Crippen molar-refractivity contribution in [3.63, 3.8) is 0 Å². The van der Waals surface area contributed by atoms with Gasteiger partial charge in [0.2, 0.25) is 5.91 Å². The lowest BCUT2D eigenvalue weighted by molar-refractivity contribution is -0.137. The maximum absolute atomic E-state index is 13.1. The van der Waals surface area contributed by atoms with Crippen LogP contribution in [-0.2, 0) is 4.79 Å². The summed E-state index contributed by atoms with van der Waals surface area (Å²) < 4.78 is 13.1. The molecule has 4 nitrogen and oxygen atoms in total. The zero-order chi connectivity index (χ0) is 19.4. The fourth-order valence-electron chi connectivity index (χ4n) is 3.65. The molecule has 0 saturated carbocycles. The van der Waals surface area contributed by atoms with Crippen LogP contribution in [-0.4, -0.2) is 29.7 Å². The average molecular weight is 368 g/mol. The molecular formula is C22H25FN2O2. The van der Waals surface area contributed by atoms with Crippen molar-refractivity contribution in [1.29, 1.82) is 0 Å². The molecular weight excluding hydrogens is 343 g/mol. The van der Waals surface area contributed by atoms with Gasteiger partial charge in [0, 0.05) is 30.6 Å². The lowest BCUT2D eigenvalue weighted by atomic mass is 9.88. The fourth-order valence-corrected chi connectivity index (χ4v) is 3.65. The van der Waals surface area contributed by atoms with Crippen molar-refractivity contribution in [1.82, 2.24) is 4.90 Å². The van der Waals surface area contributed by atoms with E-state index in [4.69, 9.17) is 5.73 Å². The SMILES string of the molecule is CC(C(=O)N1CCCC(C(=O)c2ccc(F)cc2)C1)C(N)c1ccccc1. The molecule has 2 aromatic carbocycles. The number of nitrogens with two attached hydrogens (primary N) is 1. The summed E-state index contributed by atoms with van der Waals surface area (Å²) in [5, 5.41) is 0. The van der Waals surface area contributed by atoms with E-state index >= 15 is 0 Å². The van der Waals surface area contributed by atoms with Gasteiger partial charge in [-0.25, -0.2) is 4.39 Å². The zero-order valence-electron chi connectivity index (χ0n) is 15.5. The Hall–Kier alpha value is -2.53. The van der Waals surface area contributed by atoms with Crippen molar-refractivity contribution >= 4 is 11.7 Å². The van der Waals surface area contributed by atoms with Crippen LogP contribution < -0.4 is 5.73 Å². The summed E-state index contributed by atoms with van der Waals surface area (Å²) in [6.45, 7) is 2.87. The van der Waals surface area contributed by atoms with Crippen LogP contribution in [0.25, 0.3) is 0 Å². The number of likely N-dealkylation sites (tertiary alicyclic amines) is 1. The Morgan fingerprint density at radius 1 is 1.11 bits per heavy atom. The van der Waals surface area contributed by atoms with Crippen LogP contribution in [0, 0.1) is 17.7 Å². The second-order valence-corrected chi connectivity index (χ2v) is 7.22. The Kier molecular flexibility index (Phi) is 6.01. The van der Waals surface area contributed by atoms with Gasteiger partial charge in [-0.2, -0.15) is 0 Å². The van der Waals surface area contributed by atoms with Crippen molar-refractivity contribution < 1.29 is 14.0 Å². The largest absolute Gasteiger partial charge is 0.342 e. The van der Waals surface area contributed by atoms with Gasteiger partial charge in [-0.1, -0.05) is 37.3 Å². The number of carbonyl (C=O) groups is 2. The zero-order valence-corrected chi connectivity index (χ0v) is 15.5. The van der Waals surface area contributed by atoms with Crippen molar-refractivity contribution in [3.05, 3.63) is 71.5 Å². The number of ketones is 1. The molecule has 1 heterocycles. The van der Waals surface area contributed by atoms with Crippen molar-refractivity contribution in [2.45, 2.75) is 25.8 Å². The molecule has 2 aromatic rings. The van der Waals surface area contributed by atoms with E-state index in [9.17, 15) is 14.0 Å². The molecule has 1 fully saturated rings. The predicted octanol–water partition coefficient (Wildman–Crippen LogP) is 3.58. The normalized spacial score (nSPS) is 19.4. The van der Waals surface area contributed by atoms with E-state index < -0.39 is 0 Å². The quantitative estimate of drug-likeness (QED) is 0.821. The second-order valence-electron chi connectivity index (χ2n) is 7.22. The molecule has 0 aromatic heterocycles. The van der Waals surface area contributed by atoms with Gasteiger partial charge in [0.15, 0.2) is 5.78 Å². The molecule has 27 heavy (non-hydrogen) atoms. The molecule has 0 spiro atoms. The Morgan fingerprint density at radius 2 is 1.78 bits per heavy atom. The molecule has 0 bridgehead atoms. The second kappa shape index (κ2) is 8.44. The maximum Gasteiger partial charge on any atom is 0.227 e. The Bertz CT molecular complexity index is 792. The molecule has 2 N–H and O–H groups in total. The average Bonchev–Trinajstić information content (AvgIpc) is 2.73. The van der Waals surface area contributed by atoms with E-state index in [0.29, 0.717) is 18.7 Å². The number of Topliss-reactive ketones (excluding diaryl/α,β-unsaturated/α-hetero) is 1. The van der Waals surface area contributed by atoms with E-state index in [0.717, 1.165) is 18.4 Å². The fraction of sp³-hybridized carbons (Fsp3) is 0.364. The van der Waals surface area contributed by atoms with E-state index in [1.54, 1.807) is 4.90 Å². The monoisotopic (exact) mass is 368 g/mol. The minimum Gasteiger partial charge on any atom is -0.342 e. The van der Waals surface area contributed by atoms with Crippen LogP contribution in [0.2, 0.25) is 0 Å². The minimum atomic E-state index is -0.383. The highest BCUT2D eigenvalue weighted by Crippen LogP contribution is 2.26. The van der Waals surface area contributed by atoms with Gasteiger partial charge in [0.1, 0.15) is 5.82 Å². The van der Waals surface area contributed by atoms with Gasteiger partial charge in [-0.15, -0.1) is 0 Å². The molecule has 0 radical (unpaired) electrons. The summed E-state index contributed by atoms with van der Waals surface area (Å²) in [5.74, 6) is -1.05. The Balaban J connectivity index is 1.67. The number of nitrogens with zero attached hydrogens (tertiary/aromatic N) is 1. The van der Waals surface area contributed by atoms with Crippen molar-refractivity contribution in [2.75, 3.05) is 13.1 Å². The number of hydrogen-bond donors (Lipinski definition) is 1. The Morgan fingerprint density at radius 3 is 2.44 bits per heavy atom. The third kappa shape index (κ3) is 4.42. The number of amides is 1. The first-order valence-corrected chi connectivity index (χ1v) is 9.36. The molecule has 1 aliphatic heterocycles. The van der Waals surface area contributed by atoms with Gasteiger partial charge in [0.05, 0.1) is 5.92 Å². The van der Waals surface area contributed by atoms with Crippen LogP contribution in [0.15, 0.2) is 54.6 Å². The van der Waals surface area contributed by atoms with Gasteiger partial charge in [-0.3, -0.25) is 9.59 Å². The van der Waals surface area contributed by atoms with Gasteiger partial charge >= 0.3 is 0 Å². The van der Waals surface area contributed by atoms with Crippen LogP contribution in [0.1, 0.15) is 41.7 Å². The first-order chi connectivity index (χ1) is 13.0. The number of rotatable bonds is 5. The van der Waals surface area contributed by atoms with Crippen LogP contribution in [0.3, 0.4) is 0 Å². The third-order valence-corrected chi connectivity index (χ3v) is 5.35. The summed E-state index contributed by atoms with van der Waals surface area (Å²) in [6.07, 6.45) is 1.51. The first kappa shape index (κ1) is 19.2. The van der Waals surface area contributed by atoms with Gasteiger partial charge in [-0.05, 0) is 42.7 Å². The number of benzene rings is 2. The molecule has 5 heteroatoms. The minimum absolute atomic E-state index is 0.0250. The summed E-state index contributed by atoms with van der Waals surface area (Å²) in [7, 11) is 0. The lowest BCUT2D eigenvalue weighted by Crippen LogP contribution is -2.46. The van der Waals surface area contributed by atoms with Gasteiger partial charge in [0.25, 0.3) is 0 Å². The molecule has 0 aliphatic carbocycles. The summed E-state index contributed by atoms with van der Waals surface area (Å²) >= 11 is 0. The van der Waals surface area contributed by atoms with E-state index in [1.165, 1.54) is 24.3 Å². The van der Waals surface area contributed by atoms with E-state index in [2.05, 4.69) is 0 Å². The number of hydrogen-bond acceptors (Lipinski definition) is 3. The molecule has 142 valence electrons. The topological polar surface area (TPSA) is 63.4 Å². The molecule has 1 saturated heterocycles. The highest BCUT2D eigenvalue weighted by atomic mass is 19.1. The summed E-state index contributed by atoms with van der Waals surface area (Å²) in [6, 6.07) is 14.8. The van der Waals surface area contributed by atoms with Crippen LogP contribution in [0.4, 0.5) is 4.39 Å². The molecule has 1 amide bonds. The smallest absolute Gasteiger partial charge is 0.227 e. The highest BCUT2D eigenvalue weighted by molar-refractivity contribution is 5.98. The molecule has 3 unspecified atom stereocenters. The number of piperidine rings is 1. The van der Waals surface area contributed by atoms with Crippen LogP contribution in [0.5, 0.6) is 0 Å².